The lowest BCUT2D eigenvalue weighted by atomic mass is 9.81. The molecule has 1 aliphatic carbocycles. The third-order valence-electron chi connectivity index (χ3n) is 8.09. The number of ether oxygens (including phenoxy) is 1. The first kappa shape index (κ1) is 30.4. The van der Waals surface area contributed by atoms with Crippen LogP contribution < -0.4 is 27.0 Å². The van der Waals surface area contributed by atoms with Crippen LogP contribution in [-0.2, 0) is 19.1 Å². The second-order valence-electron chi connectivity index (χ2n) is 11.0. The molecule has 0 bridgehead atoms. The van der Waals surface area contributed by atoms with Gasteiger partial charge in [-0.15, -0.1) is 0 Å². The molecule has 1 saturated heterocycles. The van der Waals surface area contributed by atoms with Gasteiger partial charge in [-0.25, -0.2) is 0 Å². The fourth-order valence-corrected chi connectivity index (χ4v) is 5.80. The number of nitrogens with two attached hydrogens (primary N) is 2. The molecule has 8 atom stereocenters. The highest BCUT2D eigenvalue weighted by Crippen LogP contribution is 2.40. The maximum absolute atomic E-state index is 13.9. The van der Waals surface area contributed by atoms with Crippen molar-refractivity contribution < 1.29 is 39.3 Å². The standard InChI is InChI=1S/C25H44N6O7/c1-13(2)21(29-23(36)20(12-32)38-3)24(37)31-16-10-19(34)18(33)9-15(16)8-17(31)22(35)28-6-4-14-5-7-30(11-14)25(26)27/h5,13,15-21,25,32-34H,4,6-12,26-27H2,1-3H3,(H,28,35)(H,29,36)/p+1/t15-,16+,17+,18+,19+,20-,21-/m0/s1. The van der Waals surface area contributed by atoms with E-state index in [0.29, 0.717) is 25.9 Å². The number of nitrogens with zero attached hydrogens (tertiary/aromatic N) is 1. The molecule has 38 heavy (non-hydrogen) atoms. The molecule has 0 spiro atoms. The van der Waals surface area contributed by atoms with E-state index in [2.05, 4.69) is 16.7 Å². The number of rotatable bonds is 11. The minimum atomic E-state index is -1.13. The van der Waals surface area contributed by atoms with Crippen LogP contribution >= 0.6 is 0 Å². The molecule has 2 heterocycles. The number of amides is 3. The van der Waals surface area contributed by atoms with Crippen LogP contribution in [0.4, 0.5) is 0 Å². The zero-order valence-corrected chi connectivity index (χ0v) is 22.5. The van der Waals surface area contributed by atoms with Crippen molar-refractivity contribution in [1.82, 2.24) is 15.5 Å². The predicted molar refractivity (Wildman–Crippen MR) is 137 cm³/mol. The lowest BCUT2D eigenvalue weighted by molar-refractivity contribution is -0.909. The van der Waals surface area contributed by atoms with Crippen molar-refractivity contribution in [1.29, 1.82) is 0 Å². The molecular weight excluding hydrogens is 496 g/mol. The molecule has 13 heteroatoms. The van der Waals surface area contributed by atoms with Crippen LogP contribution in [0.5, 0.6) is 0 Å². The van der Waals surface area contributed by atoms with Crippen LogP contribution in [-0.4, -0.2) is 114 Å². The van der Waals surface area contributed by atoms with Crippen LogP contribution in [0, 0.1) is 11.8 Å². The third kappa shape index (κ3) is 6.89. The largest absolute Gasteiger partial charge is 0.393 e. The molecule has 0 radical (unpaired) electrons. The summed E-state index contributed by atoms with van der Waals surface area (Å²) in [5, 5.41) is 35.7. The lowest BCUT2D eigenvalue weighted by Gasteiger charge is -2.39. The predicted octanol–water partition coefficient (Wildman–Crippen LogP) is -4.23. The van der Waals surface area contributed by atoms with Crippen molar-refractivity contribution in [2.45, 2.75) is 82.3 Å². The van der Waals surface area contributed by atoms with Crippen molar-refractivity contribution in [2.75, 3.05) is 33.4 Å². The summed E-state index contributed by atoms with van der Waals surface area (Å²) < 4.78 is 4.99. The molecule has 216 valence electrons. The summed E-state index contributed by atoms with van der Waals surface area (Å²) >= 11 is 0. The highest BCUT2D eigenvalue weighted by molar-refractivity contribution is 5.93. The van der Waals surface area contributed by atoms with Gasteiger partial charge in [-0.2, -0.15) is 0 Å². The second kappa shape index (κ2) is 13.3. The van der Waals surface area contributed by atoms with E-state index in [9.17, 15) is 29.7 Å². The molecule has 3 amide bonds. The van der Waals surface area contributed by atoms with E-state index >= 15 is 0 Å². The highest BCUT2D eigenvalue weighted by Gasteiger charge is 2.52. The van der Waals surface area contributed by atoms with E-state index in [-0.39, 0.29) is 30.6 Å². The quantitative estimate of drug-likeness (QED) is 0.0941. The summed E-state index contributed by atoms with van der Waals surface area (Å²) in [5.74, 6) is -1.86. The zero-order valence-electron chi connectivity index (χ0n) is 22.5. The normalized spacial score (nSPS) is 30.7. The van der Waals surface area contributed by atoms with E-state index in [1.54, 1.807) is 13.8 Å². The molecule has 3 aliphatic rings. The minimum Gasteiger partial charge on any atom is -0.393 e. The molecule has 3 rings (SSSR count). The first-order chi connectivity index (χ1) is 18.0. The molecule has 0 aromatic carbocycles. The molecule has 2 fully saturated rings. The SMILES string of the molecule is CO[C@@H](CO)C(=O)N[C@H](C(=O)N1[C@@H](C(=O)NCCC2=CC[NH+](C(N)N)C2)C[C@H]2C[C@@H](O)[C@H](O)C[C@H]21)C(C)C. The van der Waals surface area contributed by atoms with Gasteiger partial charge in [-0.3, -0.25) is 25.9 Å². The Hall–Kier alpha value is -2.13. The molecule has 10 N–H and O–H groups in total. The fraction of sp³-hybridized carbons (Fsp3) is 0.800. The molecule has 1 unspecified atom stereocenters. The Morgan fingerprint density at radius 3 is 2.45 bits per heavy atom. The monoisotopic (exact) mass is 541 g/mol. The maximum Gasteiger partial charge on any atom is 0.252 e. The second-order valence-corrected chi connectivity index (χ2v) is 11.0. The van der Waals surface area contributed by atoms with Crippen molar-refractivity contribution in [3.8, 4) is 0 Å². The Morgan fingerprint density at radius 1 is 1.18 bits per heavy atom. The molecule has 0 aromatic rings. The molecule has 1 saturated carbocycles. The van der Waals surface area contributed by atoms with E-state index in [1.165, 1.54) is 12.0 Å². The summed E-state index contributed by atoms with van der Waals surface area (Å²) in [7, 11) is 1.29. The fourth-order valence-electron chi connectivity index (χ4n) is 5.80. The van der Waals surface area contributed by atoms with Crippen molar-refractivity contribution in [3.05, 3.63) is 11.6 Å². The summed E-state index contributed by atoms with van der Waals surface area (Å²) in [6.45, 7) is 4.85. The average Bonchev–Trinajstić information content (AvgIpc) is 3.48. The van der Waals surface area contributed by atoms with E-state index < -0.39 is 61.1 Å². The number of carbonyl (C=O) groups is 3. The van der Waals surface area contributed by atoms with Crippen LogP contribution in [0.25, 0.3) is 0 Å². The Morgan fingerprint density at radius 2 is 1.87 bits per heavy atom. The van der Waals surface area contributed by atoms with Gasteiger partial charge in [0.2, 0.25) is 11.8 Å². The minimum absolute atomic E-state index is 0.141. The van der Waals surface area contributed by atoms with E-state index in [0.717, 1.165) is 17.0 Å². The van der Waals surface area contributed by atoms with Crippen LogP contribution in [0.1, 0.15) is 39.5 Å². The van der Waals surface area contributed by atoms with Gasteiger partial charge in [0.15, 0.2) is 12.4 Å². The summed E-state index contributed by atoms with van der Waals surface area (Å²) in [5.41, 5.74) is 12.7. The summed E-state index contributed by atoms with van der Waals surface area (Å²) in [6, 6.07) is -2.23. The van der Waals surface area contributed by atoms with Crippen molar-refractivity contribution in [2.24, 2.45) is 23.3 Å². The Labute approximate surface area is 223 Å². The number of nitrogens with one attached hydrogen (secondary N) is 3. The van der Waals surface area contributed by atoms with Gasteiger partial charge >= 0.3 is 0 Å². The number of carbonyl (C=O) groups excluding carboxylic acids is 3. The number of methoxy groups -OCH3 is 1. The Kier molecular flexibility index (Phi) is 10.6. The van der Waals surface area contributed by atoms with Gasteiger partial charge in [-0.1, -0.05) is 13.8 Å². The number of hydrogen-bond acceptors (Lipinski definition) is 9. The first-order valence-electron chi connectivity index (χ1n) is 13.4. The number of fused-ring (bicyclic) bond motifs is 1. The number of aliphatic hydroxyl groups is 3. The molecule has 2 aliphatic heterocycles. The highest BCUT2D eigenvalue weighted by atomic mass is 16.5. The topological polar surface area (TPSA) is 205 Å². The average molecular weight is 542 g/mol. The smallest absolute Gasteiger partial charge is 0.252 e. The van der Waals surface area contributed by atoms with E-state index in [1.807, 2.05) is 0 Å². The van der Waals surface area contributed by atoms with Gasteiger partial charge in [0.05, 0.1) is 25.4 Å². The number of hydrogen-bond donors (Lipinski definition) is 8. The van der Waals surface area contributed by atoms with Gasteiger partial charge in [0, 0.05) is 19.7 Å². The Balaban J connectivity index is 1.74. The van der Waals surface area contributed by atoms with Crippen molar-refractivity contribution >= 4 is 17.7 Å². The van der Waals surface area contributed by atoms with E-state index in [4.69, 9.17) is 16.2 Å². The number of likely N-dealkylation sites (tertiary alicyclic amines) is 1. The van der Waals surface area contributed by atoms with Gasteiger partial charge in [0.1, 0.15) is 18.6 Å². The molecular formula is C25H45N6O7+. The molecule has 13 nitrogen and oxygen atoms in total. The van der Waals surface area contributed by atoms with Crippen LogP contribution in [0.3, 0.4) is 0 Å². The van der Waals surface area contributed by atoms with Gasteiger partial charge < -0.3 is 40.5 Å². The summed E-state index contributed by atoms with van der Waals surface area (Å²) in [4.78, 5) is 42.5. The van der Waals surface area contributed by atoms with Gasteiger partial charge in [-0.05, 0) is 49.2 Å². The van der Waals surface area contributed by atoms with Crippen LogP contribution in [0.2, 0.25) is 0 Å². The zero-order chi connectivity index (χ0) is 28.1. The summed E-state index contributed by atoms with van der Waals surface area (Å²) in [6.07, 6.45) is -0.0395. The lowest BCUT2D eigenvalue weighted by Crippen LogP contribution is -3.18. The van der Waals surface area contributed by atoms with Crippen molar-refractivity contribution in [3.63, 3.8) is 0 Å². The van der Waals surface area contributed by atoms with Crippen LogP contribution in [0.15, 0.2) is 11.6 Å². The molecule has 0 aromatic heterocycles. The third-order valence-corrected chi connectivity index (χ3v) is 8.09. The van der Waals surface area contributed by atoms with Gasteiger partial charge in [0.25, 0.3) is 5.91 Å². The number of quaternary nitrogens is 1. The Bertz CT molecular complexity index is 880. The maximum atomic E-state index is 13.9. The first-order valence-corrected chi connectivity index (χ1v) is 13.4. The number of aliphatic hydroxyl groups excluding tert-OH is 3.